The second-order valence-corrected chi connectivity index (χ2v) is 4.76. The first-order valence-corrected chi connectivity index (χ1v) is 6.54. The van der Waals surface area contributed by atoms with Gasteiger partial charge >= 0.3 is 0 Å². The Morgan fingerprint density at radius 1 is 1.19 bits per heavy atom. The Balaban J connectivity index is 3.11. The van der Waals surface area contributed by atoms with Crippen molar-refractivity contribution >= 4 is 15.9 Å². The zero-order valence-electron chi connectivity index (χ0n) is 10.3. The van der Waals surface area contributed by atoms with Crippen molar-refractivity contribution in [3.8, 4) is 11.5 Å². The van der Waals surface area contributed by atoms with Crippen LogP contribution < -0.4 is 9.47 Å². The lowest BCUT2D eigenvalue weighted by atomic mass is 9.89. The maximum atomic E-state index is 5.42. The molecule has 0 saturated heterocycles. The van der Waals surface area contributed by atoms with E-state index >= 15 is 0 Å². The molecule has 0 aliphatic rings. The minimum atomic E-state index is 0.459. The Labute approximate surface area is 106 Å². The van der Waals surface area contributed by atoms with E-state index in [1.807, 2.05) is 12.1 Å². The third-order valence-electron chi connectivity index (χ3n) is 2.81. The third kappa shape index (κ3) is 2.91. The summed E-state index contributed by atoms with van der Waals surface area (Å²) < 4.78 is 10.6. The van der Waals surface area contributed by atoms with Gasteiger partial charge in [0.15, 0.2) is 0 Å². The van der Waals surface area contributed by atoms with Crippen LogP contribution in [0.5, 0.6) is 11.5 Å². The number of hydrogen-bond donors (Lipinski definition) is 0. The van der Waals surface area contributed by atoms with Crippen molar-refractivity contribution in [1.29, 1.82) is 0 Å². The number of alkyl halides is 1. The second-order valence-electron chi connectivity index (χ2n) is 4.11. The summed E-state index contributed by atoms with van der Waals surface area (Å²) in [5, 5.41) is 0.938. The summed E-state index contributed by atoms with van der Waals surface area (Å²) in [4.78, 5) is 0. The summed E-state index contributed by atoms with van der Waals surface area (Å²) in [7, 11) is 3.36. The number of ether oxygens (including phenoxy) is 2. The monoisotopic (exact) mass is 286 g/mol. The summed E-state index contributed by atoms with van der Waals surface area (Å²) in [5.41, 5.74) is 1.23. The number of rotatable bonds is 5. The van der Waals surface area contributed by atoms with Crippen molar-refractivity contribution in [2.24, 2.45) is 5.92 Å². The molecule has 0 heterocycles. The topological polar surface area (TPSA) is 18.5 Å². The lowest BCUT2D eigenvalue weighted by Crippen LogP contribution is -2.09. The van der Waals surface area contributed by atoms with Crippen LogP contribution in [0.3, 0.4) is 0 Å². The van der Waals surface area contributed by atoms with E-state index in [4.69, 9.17) is 9.47 Å². The van der Waals surface area contributed by atoms with Crippen LogP contribution in [0.2, 0.25) is 0 Å². The standard InChI is InChI=1S/C13H19BrO2/c1-9(2)12(8-14)11-6-5-10(15-3)7-13(11)16-4/h5-7,9,12H,8H2,1-4H3. The highest BCUT2D eigenvalue weighted by molar-refractivity contribution is 9.09. The Bertz CT molecular complexity index is 337. The van der Waals surface area contributed by atoms with Crippen molar-refractivity contribution in [3.05, 3.63) is 23.8 Å². The fraction of sp³-hybridized carbons (Fsp3) is 0.538. The van der Waals surface area contributed by atoms with Gasteiger partial charge in [0, 0.05) is 11.4 Å². The van der Waals surface area contributed by atoms with Gasteiger partial charge in [-0.3, -0.25) is 0 Å². The van der Waals surface area contributed by atoms with Gasteiger partial charge in [-0.15, -0.1) is 0 Å². The van der Waals surface area contributed by atoms with Gasteiger partial charge in [0.05, 0.1) is 14.2 Å². The summed E-state index contributed by atoms with van der Waals surface area (Å²) >= 11 is 3.57. The Kier molecular flexibility index (Phi) is 5.13. The Morgan fingerprint density at radius 3 is 2.31 bits per heavy atom. The molecule has 1 rings (SSSR count). The summed E-state index contributed by atoms with van der Waals surface area (Å²) in [6.45, 7) is 4.44. The molecule has 1 aromatic carbocycles. The van der Waals surface area contributed by atoms with Crippen molar-refractivity contribution in [1.82, 2.24) is 0 Å². The average Bonchev–Trinajstić information content (AvgIpc) is 2.29. The van der Waals surface area contributed by atoms with Gasteiger partial charge in [0.2, 0.25) is 0 Å². The Hall–Kier alpha value is -0.700. The molecule has 1 unspecified atom stereocenters. The van der Waals surface area contributed by atoms with E-state index in [9.17, 15) is 0 Å². The lowest BCUT2D eigenvalue weighted by Gasteiger charge is -2.21. The number of methoxy groups -OCH3 is 2. The molecule has 16 heavy (non-hydrogen) atoms. The fourth-order valence-electron chi connectivity index (χ4n) is 1.75. The molecule has 2 nitrogen and oxygen atoms in total. The first-order chi connectivity index (χ1) is 7.63. The number of hydrogen-bond acceptors (Lipinski definition) is 2. The van der Waals surface area contributed by atoms with E-state index in [2.05, 4.69) is 35.8 Å². The molecule has 0 spiro atoms. The molecule has 1 aromatic rings. The molecule has 0 radical (unpaired) electrons. The van der Waals surface area contributed by atoms with Crippen molar-refractivity contribution in [3.63, 3.8) is 0 Å². The molecular formula is C13H19BrO2. The quantitative estimate of drug-likeness (QED) is 0.766. The van der Waals surface area contributed by atoms with Crippen LogP contribution in [0.15, 0.2) is 18.2 Å². The average molecular weight is 287 g/mol. The highest BCUT2D eigenvalue weighted by Crippen LogP contribution is 2.35. The summed E-state index contributed by atoms with van der Waals surface area (Å²) in [5.74, 6) is 2.76. The smallest absolute Gasteiger partial charge is 0.126 e. The molecule has 0 fully saturated rings. The van der Waals surface area contributed by atoms with E-state index in [-0.39, 0.29) is 0 Å². The summed E-state index contributed by atoms with van der Waals surface area (Å²) in [6, 6.07) is 6.01. The minimum absolute atomic E-state index is 0.459. The minimum Gasteiger partial charge on any atom is -0.497 e. The van der Waals surface area contributed by atoms with Crippen LogP contribution in [-0.2, 0) is 0 Å². The second kappa shape index (κ2) is 6.14. The van der Waals surface area contributed by atoms with Crippen LogP contribution in [0.1, 0.15) is 25.3 Å². The largest absolute Gasteiger partial charge is 0.497 e. The molecule has 0 aliphatic heterocycles. The van der Waals surface area contributed by atoms with Crippen molar-refractivity contribution in [2.45, 2.75) is 19.8 Å². The van der Waals surface area contributed by atoms with Gasteiger partial charge in [-0.05, 0) is 23.5 Å². The fourth-order valence-corrected chi connectivity index (χ4v) is 2.84. The molecule has 0 saturated carbocycles. The van der Waals surface area contributed by atoms with Crippen LogP contribution in [-0.4, -0.2) is 19.5 Å². The van der Waals surface area contributed by atoms with E-state index in [0.717, 1.165) is 16.8 Å². The molecule has 90 valence electrons. The Morgan fingerprint density at radius 2 is 1.88 bits per heavy atom. The van der Waals surface area contributed by atoms with E-state index < -0.39 is 0 Å². The van der Waals surface area contributed by atoms with E-state index in [0.29, 0.717) is 11.8 Å². The van der Waals surface area contributed by atoms with E-state index in [1.165, 1.54) is 5.56 Å². The van der Waals surface area contributed by atoms with Gasteiger partial charge in [-0.25, -0.2) is 0 Å². The van der Waals surface area contributed by atoms with Crippen LogP contribution in [0.25, 0.3) is 0 Å². The predicted octanol–water partition coefficient (Wildman–Crippen LogP) is 3.84. The van der Waals surface area contributed by atoms with Gasteiger partial charge in [0.1, 0.15) is 11.5 Å². The van der Waals surface area contributed by atoms with Crippen LogP contribution in [0, 0.1) is 5.92 Å². The molecule has 0 bridgehead atoms. The van der Waals surface area contributed by atoms with Crippen LogP contribution in [0.4, 0.5) is 0 Å². The van der Waals surface area contributed by atoms with E-state index in [1.54, 1.807) is 14.2 Å². The lowest BCUT2D eigenvalue weighted by molar-refractivity contribution is 0.384. The molecule has 1 atom stereocenters. The third-order valence-corrected chi connectivity index (χ3v) is 3.51. The first kappa shape index (κ1) is 13.4. The molecule has 3 heteroatoms. The van der Waals surface area contributed by atoms with Crippen molar-refractivity contribution in [2.75, 3.05) is 19.5 Å². The number of halogens is 1. The maximum absolute atomic E-state index is 5.42. The highest BCUT2D eigenvalue weighted by atomic mass is 79.9. The summed E-state index contributed by atoms with van der Waals surface area (Å²) in [6.07, 6.45) is 0. The van der Waals surface area contributed by atoms with Crippen molar-refractivity contribution < 1.29 is 9.47 Å². The molecular weight excluding hydrogens is 268 g/mol. The van der Waals surface area contributed by atoms with Gasteiger partial charge < -0.3 is 9.47 Å². The zero-order valence-corrected chi connectivity index (χ0v) is 11.9. The molecule has 0 aromatic heterocycles. The zero-order chi connectivity index (χ0) is 12.1. The SMILES string of the molecule is COc1ccc(C(CBr)C(C)C)c(OC)c1. The predicted molar refractivity (Wildman–Crippen MR) is 70.9 cm³/mol. The highest BCUT2D eigenvalue weighted by Gasteiger charge is 2.18. The normalized spacial score (nSPS) is 12.6. The van der Waals surface area contributed by atoms with Gasteiger partial charge in [0.25, 0.3) is 0 Å². The van der Waals surface area contributed by atoms with Gasteiger partial charge in [-0.2, -0.15) is 0 Å². The number of benzene rings is 1. The first-order valence-electron chi connectivity index (χ1n) is 5.41. The van der Waals surface area contributed by atoms with Gasteiger partial charge in [-0.1, -0.05) is 35.8 Å². The molecule has 0 N–H and O–H groups in total. The molecule has 0 aliphatic carbocycles. The molecule has 0 amide bonds. The maximum Gasteiger partial charge on any atom is 0.126 e. The van der Waals surface area contributed by atoms with Crippen LogP contribution >= 0.6 is 15.9 Å².